The first-order chi connectivity index (χ1) is 16.4. The smallest absolute Gasteiger partial charge is 0.295 e. The molecule has 2 aromatic carbocycles. The van der Waals surface area contributed by atoms with Crippen LogP contribution in [0.4, 0.5) is 4.39 Å². The van der Waals surface area contributed by atoms with Gasteiger partial charge >= 0.3 is 0 Å². The Hall–Kier alpha value is -3.65. The molecule has 3 aromatic rings. The van der Waals surface area contributed by atoms with Crippen molar-refractivity contribution in [2.75, 3.05) is 13.2 Å². The van der Waals surface area contributed by atoms with Crippen LogP contribution in [0.2, 0.25) is 5.02 Å². The summed E-state index contributed by atoms with van der Waals surface area (Å²) in [5, 5.41) is 11.4. The lowest BCUT2D eigenvalue weighted by atomic mass is 9.95. The Kier molecular flexibility index (Phi) is 6.98. The molecule has 176 valence electrons. The fraction of sp³-hybridized carbons (Fsp3) is 0.240. The topological polar surface area (TPSA) is 84.7 Å². The van der Waals surface area contributed by atoms with Gasteiger partial charge in [-0.2, -0.15) is 0 Å². The number of ketones is 1. The Morgan fingerprint density at radius 3 is 2.68 bits per heavy atom. The van der Waals surface area contributed by atoms with Crippen molar-refractivity contribution in [3.05, 3.63) is 88.7 Å². The van der Waals surface area contributed by atoms with Crippen molar-refractivity contribution >= 4 is 29.1 Å². The molecule has 7 nitrogen and oxygen atoms in total. The van der Waals surface area contributed by atoms with Crippen molar-refractivity contribution in [3.63, 3.8) is 0 Å². The summed E-state index contributed by atoms with van der Waals surface area (Å²) in [7, 11) is 0. The van der Waals surface area contributed by atoms with Gasteiger partial charge in [-0.25, -0.2) is 9.37 Å². The van der Waals surface area contributed by atoms with Crippen molar-refractivity contribution < 1.29 is 23.8 Å². The zero-order valence-corrected chi connectivity index (χ0v) is 19.2. The van der Waals surface area contributed by atoms with Gasteiger partial charge in [0, 0.05) is 36.6 Å². The zero-order chi connectivity index (χ0) is 24.2. The summed E-state index contributed by atoms with van der Waals surface area (Å²) in [6, 6.07) is 9.40. The Bertz CT molecular complexity index is 1240. The highest BCUT2D eigenvalue weighted by atomic mass is 35.5. The summed E-state index contributed by atoms with van der Waals surface area (Å²) in [6.07, 6.45) is 5.59. The van der Waals surface area contributed by atoms with E-state index < -0.39 is 29.3 Å². The van der Waals surface area contributed by atoms with Crippen molar-refractivity contribution in [2.45, 2.75) is 25.9 Å². The van der Waals surface area contributed by atoms with Gasteiger partial charge < -0.3 is 19.3 Å². The van der Waals surface area contributed by atoms with Gasteiger partial charge in [0.1, 0.15) is 17.3 Å². The molecule has 0 aliphatic carbocycles. The van der Waals surface area contributed by atoms with E-state index in [1.54, 1.807) is 30.9 Å². The molecule has 2 heterocycles. The molecule has 1 saturated heterocycles. The predicted molar refractivity (Wildman–Crippen MR) is 125 cm³/mol. The molecular formula is C25H23ClFN3O4. The van der Waals surface area contributed by atoms with Crippen LogP contribution in [0.1, 0.15) is 30.5 Å². The van der Waals surface area contributed by atoms with Crippen LogP contribution in [0.15, 0.2) is 66.8 Å². The van der Waals surface area contributed by atoms with Crippen molar-refractivity contribution in [3.8, 4) is 5.75 Å². The fourth-order valence-corrected chi connectivity index (χ4v) is 4.28. The lowest BCUT2D eigenvalue weighted by Gasteiger charge is -2.25. The minimum atomic E-state index is -1.07. The van der Waals surface area contributed by atoms with Gasteiger partial charge in [0.2, 0.25) is 0 Å². The standard InChI is InChI=1S/C25H23ClFN3O4/c1-2-34-20-9-8-16(14-18(20)26)23(31)21-22(17-6-3-4-7-19(17)27)30(25(33)24(21)32)12-5-11-29-13-10-28-15-29/h3-4,6-10,13-15,22,31H,2,5,11-12H2,1H3/b23-21-. The van der Waals surface area contributed by atoms with Crippen LogP contribution in [0, 0.1) is 5.82 Å². The average molecular weight is 484 g/mol. The van der Waals surface area contributed by atoms with E-state index in [1.165, 1.54) is 35.2 Å². The van der Waals surface area contributed by atoms with E-state index in [2.05, 4.69) is 4.98 Å². The fourth-order valence-electron chi connectivity index (χ4n) is 4.05. The number of hydrogen-bond donors (Lipinski definition) is 1. The molecule has 1 atom stereocenters. The highest BCUT2D eigenvalue weighted by Gasteiger charge is 2.46. The van der Waals surface area contributed by atoms with Gasteiger partial charge in [-0.15, -0.1) is 0 Å². The van der Waals surface area contributed by atoms with Gasteiger partial charge in [0.25, 0.3) is 11.7 Å². The summed E-state index contributed by atoms with van der Waals surface area (Å²) in [4.78, 5) is 31.3. The van der Waals surface area contributed by atoms with Crippen LogP contribution < -0.4 is 4.74 Å². The summed E-state index contributed by atoms with van der Waals surface area (Å²) in [5.41, 5.74) is 0.173. The Labute approximate surface area is 201 Å². The number of ether oxygens (including phenoxy) is 1. The summed E-state index contributed by atoms with van der Waals surface area (Å²) in [6.45, 7) is 2.96. The summed E-state index contributed by atoms with van der Waals surface area (Å²) in [5.74, 6) is -2.25. The molecular weight excluding hydrogens is 461 g/mol. The first kappa shape index (κ1) is 23.5. The number of aromatic nitrogens is 2. The number of aryl methyl sites for hydroxylation is 1. The molecule has 1 aliphatic heterocycles. The van der Waals surface area contributed by atoms with E-state index >= 15 is 0 Å². The number of amides is 1. The van der Waals surface area contributed by atoms with Crippen LogP contribution in [0.3, 0.4) is 0 Å². The summed E-state index contributed by atoms with van der Waals surface area (Å²) < 4.78 is 22.1. The molecule has 1 aromatic heterocycles. The zero-order valence-electron chi connectivity index (χ0n) is 18.4. The third-order valence-electron chi connectivity index (χ3n) is 5.62. The van der Waals surface area contributed by atoms with Crippen LogP contribution in [0.5, 0.6) is 5.75 Å². The van der Waals surface area contributed by atoms with Gasteiger partial charge in [-0.05, 0) is 37.6 Å². The number of aliphatic hydroxyl groups is 1. The van der Waals surface area contributed by atoms with Crippen LogP contribution in [-0.4, -0.2) is 44.4 Å². The number of Topliss-reactive ketones (excluding diaryl/α,β-unsaturated/α-hetero) is 1. The van der Waals surface area contributed by atoms with Crippen LogP contribution in [-0.2, 0) is 16.1 Å². The number of rotatable bonds is 8. The molecule has 0 bridgehead atoms. The van der Waals surface area contributed by atoms with E-state index in [9.17, 15) is 19.1 Å². The number of likely N-dealkylation sites (tertiary alicyclic amines) is 1. The van der Waals surface area contributed by atoms with E-state index in [1.807, 2.05) is 11.5 Å². The molecule has 1 N–H and O–H groups in total. The Balaban J connectivity index is 1.75. The van der Waals surface area contributed by atoms with E-state index in [4.69, 9.17) is 16.3 Å². The second-order valence-electron chi connectivity index (χ2n) is 7.75. The van der Waals surface area contributed by atoms with E-state index in [0.717, 1.165) is 0 Å². The minimum Gasteiger partial charge on any atom is -0.507 e. The monoisotopic (exact) mass is 483 g/mol. The molecule has 4 rings (SSSR count). The lowest BCUT2D eigenvalue weighted by Crippen LogP contribution is -2.31. The number of imidazole rings is 1. The number of nitrogens with zero attached hydrogens (tertiary/aromatic N) is 3. The van der Waals surface area contributed by atoms with Gasteiger partial charge in [0.05, 0.1) is 29.6 Å². The molecule has 9 heteroatoms. The van der Waals surface area contributed by atoms with Crippen LogP contribution in [0.25, 0.3) is 5.76 Å². The first-order valence-electron chi connectivity index (χ1n) is 10.8. The number of halogens is 2. The van der Waals surface area contributed by atoms with Crippen molar-refractivity contribution in [1.82, 2.24) is 14.5 Å². The molecule has 0 spiro atoms. The number of benzene rings is 2. The second-order valence-corrected chi connectivity index (χ2v) is 8.15. The summed E-state index contributed by atoms with van der Waals surface area (Å²) >= 11 is 6.26. The first-order valence-corrected chi connectivity index (χ1v) is 11.2. The molecule has 1 fully saturated rings. The molecule has 1 aliphatic rings. The maximum atomic E-state index is 14.9. The molecule has 0 saturated carbocycles. The molecule has 34 heavy (non-hydrogen) atoms. The molecule has 1 unspecified atom stereocenters. The van der Waals surface area contributed by atoms with E-state index in [0.29, 0.717) is 25.3 Å². The number of carbonyl (C=O) groups is 2. The third kappa shape index (κ3) is 4.54. The SMILES string of the molecule is CCOc1ccc(/C(O)=C2/C(=O)C(=O)N(CCCn3ccnc3)C2c2ccccc2F)cc1Cl. The van der Waals surface area contributed by atoms with Crippen LogP contribution >= 0.6 is 11.6 Å². The number of aliphatic hydroxyl groups excluding tert-OH is 1. The highest BCUT2D eigenvalue weighted by Crippen LogP contribution is 2.41. The van der Waals surface area contributed by atoms with Gasteiger partial charge in [-0.3, -0.25) is 9.59 Å². The lowest BCUT2D eigenvalue weighted by molar-refractivity contribution is -0.140. The Morgan fingerprint density at radius 1 is 1.21 bits per heavy atom. The molecule has 1 amide bonds. The van der Waals surface area contributed by atoms with Crippen molar-refractivity contribution in [1.29, 1.82) is 0 Å². The minimum absolute atomic E-state index is 0.128. The highest BCUT2D eigenvalue weighted by molar-refractivity contribution is 6.46. The number of hydrogen-bond acceptors (Lipinski definition) is 5. The van der Waals surface area contributed by atoms with Gasteiger partial charge in [0.15, 0.2) is 0 Å². The van der Waals surface area contributed by atoms with E-state index in [-0.39, 0.29) is 28.3 Å². The third-order valence-corrected chi connectivity index (χ3v) is 5.91. The van der Waals surface area contributed by atoms with Gasteiger partial charge in [-0.1, -0.05) is 29.8 Å². The molecule has 0 radical (unpaired) electrons. The Morgan fingerprint density at radius 2 is 2.00 bits per heavy atom. The predicted octanol–water partition coefficient (Wildman–Crippen LogP) is 4.59. The van der Waals surface area contributed by atoms with Crippen molar-refractivity contribution in [2.24, 2.45) is 0 Å². The second kappa shape index (κ2) is 10.1. The largest absolute Gasteiger partial charge is 0.507 e. The maximum absolute atomic E-state index is 14.9. The maximum Gasteiger partial charge on any atom is 0.295 e. The quantitative estimate of drug-likeness (QED) is 0.288. The normalized spacial score (nSPS) is 17.4. The number of carbonyl (C=O) groups excluding carboxylic acids is 2. The average Bonchev–Trinajstić information content (AvgIpc) is 3.43.